The fraction of sp³-hybridized carbons (Fsp3) is 0.125. The van der Waals surface area contributed by atoms with Crippen molar-refractivity contribution >= 4 is 29.2 Å². The molecule has 2 rings (SSSR count). The monoisotopic (exact) mass is 283 g/mol. The molecule has 0 fully saturated rings. The molecule has 0 heterocycles. The molecule has 102 valence electrons. The van der Waals surface area contributed by atoms with Gasteiger partial charge in [0.15, 0.2) is 5.11 Å². The lowest BCUT2D eigenvalue weighted by molar-refractivity contribution is 1.05. The number of nitrogens with one attached hydrogen (secondary N) is 2. The molecule has 0 aliphatic carbocycles. The van der Waals surface area contributed by atoms with Gasteiger partial charge in [-0.2, -0.15) is 5.10 Å². The highest BCUT2D eigenvalue weighted by Gasteiger charge is 1.98. The third-order valence-electron chi connectivity index (χ3n) is 2.95. The van der Waals surface area contributed by atoms with Crippen LogP contribution in [0.4, 0.5) is 5.69 Å². The number of rotatable bonds is 3. The van der Waals surface area contributed by atoms with E-state index < -0.39 is 0 Å². The minimum Gasteiger partial charge on any atom is -0.331 e. The van der Waals surface area contributed by atoms with Crippen LogP contribution in [0.1, 0.15) is 16.7 Å². The van der Waals surface area contributed by atoms with Crippen LogP contribution in [0, 0.1) is 13.8 Å². The molecule has 0 aliphatic rings. The summed E-state index contributed by atoms with van der Waals surface area (Å²) in [5.41, 5.74) is 7.19. The fourth-order valence-corrected chi connectivity index (χ4v) is 1.92. The van der Waals surface area contributed by atoms with E-state index >= 15 is 0 Å². The molecular formula is C16H17N3S. The lowest BCUT2D eigenvalue weighted by atomic mass is 10.1. The van der Waals surface area contributed by atoms with Gasteiger partial charge in [0.2, 0.25) is 0 Å². The molecule has 0 saturated heterocycles. The average molecular weight is 283 g/mol. The van der Waals surface area contributed by atoms with Gasteiger partial charge < -0.3 is 5.32 Å². The molecule has 0 radical (unpaired) electrons. The van der Waals surface area contributed by atoms with E-state index in [2.05, 4.69) is 15.8 Å². The molecule has 0 atom stereocenters. The number of para-hydroxylation sites is 1. The first kappa shape index (κ1) is 14.2. The van der Waals surface area contributed by atoms with Crippen molar-refractivity contribution in [2.75, 3.05) is 5.32 Å². The van der Waals surface area contributed by atoms with Crippen molar-refractivity contribution in [3.8, 4) is 0 Å². The summed E-state index contributed by atoms with van der Waals surface area (Å²) in [5, 5.41) is 7.74. The van der Waals surface area contributed by atoms with Crippen LogP contribution >= 0.6 is 12.2 Å². The summed E-state index contributed by atoms with van der Waals surface area (Å²) in [6, 6.07) is 16.0. The molecule has 0 bridgehead atoms. The van der Waals surface area contributed by atoms with E-state index in [1.54, 1.807) is 6.21 Å². The van der Waals surface area contributed by atoms with Crippen molar-refractivity contribution in [3.63, 3.8) is 0 Å². The average Bonchev–Trinajstić information content (AvgIpc) is 2.43. The summed E-state index contributed by atoms with van der Waals surface area (Å²) >= 11 is 5.21. The Morgan fingerprint density at radius 1 is 1.00 bits per heavy atom. The molecule has 2 aromatic carbocycles. The highest BCUT2D eigenvalue weighted by atomic mass is 32.1. The third-order valence-corrected chi connectivity index (χ3v) is 3.14. The van der Waals surface area contributed by atoms with Gasteiger partial charge in [-0.25, -0.2) is 0 Å². The molecule has 3 nitrogen and oxygen atoms in total. The Labute approximate surface area is 124 Å². The van der Waals surface area contributed by atoms with Crippen LogP contribution in [0.2, 0.25) is 0 Å². The Morgan fingerprint density at radius 2 is 1.65 bits per heavy atom. The Hall–Kier alpha value is -2.20. The molecule has 4 heteroatoms. The fourth-order valence-electron chi connectivity index (χ4n) is 1.76. The van der Waals surface area contributed by atoms with E-state index in [9.17, 15) is 0 Å². The van der Waals surface area contributed by atoms with Crippen LogP contribution < -0.4 is 10.7 Å². The summed E-state index contributed by atoms with van der Waals surface area (Å²) in [5.74, 6) is 0. The lowest BCUT2D eigenvalue weighted by Crippen LogP contribution is -2.24. The SMILES string of the molecule is Cc1ccccc1/C=N\NC(=S)Nc1ccccc1C. The van der Waals surface area contributed by atoms with Crippen LogP contribution in [-0.4, -0.2) is 11.3 Å². The number of hydrazone groups is 1. The molecule has 0 spiro atoms. The smallest absolute Gasteiger partial charge is 0.191 e. The number of hydrogen-bond donors (Lipinski definition) is 2. The summed E-state index contributed by atoms with van der Waals surface area (Å²) in [4.78, 5) is 0. The molecule has 2 N–H and O–H groups in total. The first-order valence-electron chi connectivity index (χ1n) is 6.38. The van der Waals surface area contributed by atoms with Crippen LogP contribution in [0.25, 0.3) is 0 Å². The van der Waals surface area contributed by atoms with E-state index in [-0.39, 0.29) is 0 Å². The Kier molecular flexibility index (Phi) is 4.85. The van der Waals surface area contributed by atoms with Crippen molar-refractivity contribution < 1.29 is 0 Å². The number of nitrogens with zero attached hydrogens (tertiary/aromatic N) is 1. The van der Waals surface area contributed by atoms with Gasteiger partial charge in [0.1, 0.15) is 0 Å². The van der Waals surface area contributed by atoms with Gasteiger partial charge in [0.05, 0.1) is 6.21 Å². The highest BCUT2D eigenvalue weighted by Crippen LogP contribution is 2.12. The molecule has 0 aromatic heterocycles. The largest absolute Gasteiger partial charge is 0.331 e. The number of anilines is 1. The summed E-state index contributed by atoms with van der Waals surface area (Å²) in [6.07, 6.45) is 1.77. The molecule has 2 aromatic rings. The van der Waals surface area contributed by atoms with Crippen molar-refractivity contribution in [1.82, 2.24) is 5.43 Å². The summed E-state index contributed by atoms with van der Waals surface area (Å²) < 4.78 is 0. The molecular weight excluding hydrogens is 266 g/mol. The highest BCUT2D eigenvalue weighted by molar-refractivity contribution is 7.80. The number of aryl methyl sites for hydroxylation is 2. The van der Waals surface area contributed by atoms with Crippen LogP contribution in [0.3, 0.4) is 0 Å². The van der Waals surface area contributed by atoms with Crippen molar-refractivity contribution in [1.29, 1.82) is 0 Å². The predicted octanol–water partition coefficient (Wildman–Crippen LogP) is 3.62. The zero-order valence-electron chi connectivity index (χ0n) is 11.6. The third kappa shape index (κ3) is 3.90. The number of thiocarbonyl (C=S) groups is 1. The Balaban J connectivity index is 1.93. The summed E-state index contributed by atoms with van der Waals surface area (Å²) in [6.45, 7) is 4.08. The Bertz CT molecular complexity index is 635. The van der Waals surface area contributed by atoms with E-state index in [4.69, 9.17) is 12.2 Å². The zero-order chi connectivity index (χ0) is 14.4. The standard InChI is InChI=1S/C16H17N3S/c1-12-7-3-5-9-14(12)11-17-19-16(20)18-15-10-6-4-8-13(15)2/h3-11H,1-2H3,(H2,18,19,20)/b17-11-. The first-order chi connectivity index (χ1) is 9.66. The maximum atomic E-state index is 5.21. The number of benzene rings is 2. The predicted molar refractivity (Wildman–Crippen MR) is 89.3 cm³/mol. The van der Waals surface area contributed by atoms with E-state index in [0.29, 0.717) is 5.11 Å². The first-order valence-corrected chi connectivity index (χ1v) is 6.79. The van der Waals surface area contributed by atoms with Gasteiger partial charge in [-0.05, 0) is 48.8 Å². The second-order valence-corrected chi connectivity index (χ2v) is 4.90. The minimum absolute atomic E-state index is 0.476. The van der Waals surface area contributed by atoms with Crippen molar-refractivity contribution in [2.24, 2.45) is 5.10 Å². The molecule has 0 unspecified atom stereocenters. The lowest BCUT2D eigenvalue weighted by Gasteiger charge is -2.09. The van der Waals surface area contributed by atoms with Crippen LogP contribution in [0.15, 0.2) is 53.6 Å². The van der Waals surface area contributed by atoms with Crippen molar-refractivity contribution in [2.45, 2.75) is 13.8 Å². The van der Waals surface area contributed by atoms with Gasteiger partial charge in [0, 0.05) is 5.69 Å². The van der Waals surface area contributed by atoms with Gasteiger partial charge in [-0.1, -0.05) is 42.5 Å². The maximum Gasteiger partial charge on any atom is 0.191 e. The topological polar surface area (TPSA) is 36.4 Å². The quantitative estimate of drug-likeness (QED) is 0.513. The normalized spacial score (nSPS) is 10.5. The zero-order valence-corrected chi connectivity index (χ0v) is 12.4. The van der Waals surface area contributed by atoms with Gasteiger partial charge in [0.25, 0.3) is 0 Å². The Morgan fingerprint density at radius 3 is 2.35 bits per heavy atom. The van der Waals surface area contributed by atoms with Gasteiger partial charge in [-0.3, -0.25) is 5.43 Å². The minimum atomic E-state index is 0.476. The van der Waals surface area contributed by atoms with Gasteiger partial charge >= 0.3 is 0 Å². The van der Waals surface area contributed by atoms with Crippen LogP contribution in [0.5, 0.6) is 0 Å². The second-order valence-electron chi connectivity index (χ2n) is 4.50. The summed E-state index contributed by atoms with van der Waals surface area (Å²) in [7, 11) is 0. The molecule has 0 aliphatic heterocycles. The molecule has 20 heavy (non-hydrogen) atoms. The van der Waals surface area contributed by atoms with Gasteiger partial charge in [-0.15, -0.1) is 0 Å². The molecule has 0 amide bonds. The van der Waals surface area contributed by atoms with Crippen LogP contribution in [-0.2, 0) is 0 Å². The second kappa shape index (κ2) is 6.82. The number of hydrogen-bond acceptors (Lipinski definition) is 2. The van der Waals surface area contributed by atoms with E-state index in [1.807, 2.05) is 62.4 Å². The van der Waals surface area contributed by atoms with E-state index in [0.717, 1.165) is 16.8 Å². The van der Waals surface area contributed by atoms with E-state index in [1.165, 1.54) is 5.56 Å². The maximum absolute atomic E-state index is 5.21. The van der Waals surface area contributed by atoms with Crippen molar-refractivity contribution in [3.05, 3.63) is 65.2 Å². The molecule has 0 saturated carbocycles.